The zero-order valence-corrected chi connectivity index (χ0v) is 17.4. The van der Waals surface area contributed by atoms with Crippen LogP contribution in [0.3, 0.4) is 0 Å². The Morgan fingerprint density at radius 1 is 1.06 bits per heavy atom. The van der Waals surface area contributed by atoms with Crippen molar-refractivity contribution in [2.24, 2.45) is 0 Å². The van der Waals surface area contributed by atoms with Gasteiger partial charge in [0.25, 0.3) is 5.91 Å². The van der Waals surface area contributed by atoms with Crippen LogP contribution in [0.2, 0.25) is 0 Å². The second-order valence-corrected chi connectivity index (χ2v) is 7.42. The van der Waals surface area contributed by atoms with Crippen LogP contribution in [0, 0.1) is 0 Å². The number of rotatable bonds is 7. The first-order valence-electron chi connectivity index (χ1n) is 10.4. The summed E-state index contributed by atoms with van der Waals surface area (Å²) in [5.74, 6) is -0.181. The summed E-state index contributed by atoms with van der Waals surface area (Å²) in [7, 11) is 0. The topological polar surface area (TPSA) is 91.7 Å². The van der Waals surface area contributed by atoms with Gasteiger partial charge in [-0.25, -0.2) is 0 Å². The number of hydrogen-bond donors (Lipinski definition) is 2. The number of nitrogens with one attached hydrogen (secondary N) is 2. The van der Waals surface area contributed by atoms with Crippen LogP contribution < -0.4 is 15.5 Å². The summed E-state index contributed by atoms with van der Waals surface area (Å²) in [6.07, 6.45) is 6.13. The van der Waals surface area contributed by atoms with Crippen molar-refractivity contribution in [1.82, 2.24) is 5.32 Å². The lowest BCUT2D eigenvalue weighted by molar-refractivity contribution is -0.117. The molecule has 1 saturated heterocycles. The lowest BCUT2D eigenvalue weighted by Crippen LogP contribution is -2.23. The number of anilines is 2. The highest BCUT2D eigenvalue weighted by Gasteiger charge is 2.21. The Bertz CT molecular complexity index is 1130. The normalized spacial score (nSPS) is 13.5. The molecule has 1 aliphatic heterocycles. The molecular formula is C25H23N3O4. The van der Waals surface area contributed by atoms with Gasteiger partial charge in [0, 0.05) is 37.0 Å². The standard InChI is InChI=1S/C25H23N3O4/c29-23(13-10-18-8-11-21(12-9-18)28-14-2-7-24(28)30)26-17-19-4-1-5-20(16-19)27-25(31)22-6-3-15-32-22/h1,3-6,8-13,15-16H,2,7,14,17H2,(H,26,29)(H,27,31)/b13-10+. The average Bonchev–Trinajstić information content (AvgIpc) is 3.49. The Hall–Kier alpha value is -4.13. The molecule has 1 fully saturated rings. The Morgan fingerprint density at radius 2 is 1.91 bits per heavy atom. The third-order valence-corrected chi connectivity index (χ3v) is 5.10. The predicted molar refractivity (Wildman–Crippen MR) is 122 cm³/mol. The van der Waals surface area contributed by atoms with Crippen molar-refractivity contribution in [1.29, 1.82) is 0 Å². The van der Waals surface area contributed by atoms with Crippen molar-refractivity contribution in [3.05, 3.63) is 89.9 Å². The summed E-state index contributed by atoms with van der Waals surface area (Å²) in [4.78, 5) is 37.9. The Labute approximate surface area is 185 Å². The van der Waals surface area contributed by atoms with Crippen LogP contribution in [-0.2, 0) is 16.1 Å². The number of benzene rings is 2. The Balaban J connectivity index is 1.28. The quantitative estimate of drug-likeness (QED) is 0.556. The first kappa shape index (κ1) is 21.1. The van der Waals surface area contributed by atoms with Crippen LogP contribution >= 0.6 is 0 Å². The molecule has 0 aliphatic carbocycles. The van der Waals surface area contributed by atoms with Gasteiger partial charge in [-0.3, -0.25) is 14.4 Å². The van der Waals surface area contributed by atoms with Crippen LogP contribution in [-0.4, -0.2) is 24.3 Å². The van der Waals surface area contributed by atoms with E-state index in [9.17, 15) is 14.4 Å². The number of carbonyl (C=O) groups is 3. The van der Waals surface area contributed by atoms with E-state index in [1.165, 1.54) is 12.3 Å². The fourth-order valence-corrected chi connectivity index (χ4v) is 3.47. The molecule has 0 bridgehead atoms. The molecule has 4 rings (SSSR count). The second kappa shape index (κ2) is 9.78. The summed E-state index contributed by atoms with van der Waals surface area (Å²) >= 11 is 0. The first-order valence-corrected chi connectivity index (χ1v) is 10.4. The van der Waals surface area contributed by atoms with Gasteiger partial charge in [-0.2, -0.15) is 0 Å². The third kappa shape index (κ3) is 5.31. The number of nitrogens with zero attached hydrogens (tertiary/aromatic N) is 1. The number of furan rings is 1. The summed E-state index contributed by atoms with van der Waals surface area (Å²) in [6.45, 7) is 1.08. The predicted octanol–water partition coefficient (Wildman–Crippen LogP) is 3.99. The van der Waals surface area contributed by atoms with Crippen molar-refractivity contribution in [2.75, 3.05) is 16.8 Å². The van der Waals surface area contributed by atoms with E-state index in [4.69, 9.17) is 4.42 Å². The van der Waals surface area contributed by atoms with Gasteiger partial charge in [0.15, 0.2) is 5.76 Å². The monoisotopic (exact) mass is 429 g/mol. The van der Waals surface area contributed by atoms with E-state index in [1.54, 1.807) is 35.2 Å². The molecule has 0 radical (unpaired) electrons. The minimum Gasteiger partial charge on any atom is -0.459 e. The van der Waals surface area contributed by atoms with E-state index < -0.39 is 0 Å². The van der Waals surface area contributed by atoms with Crippen molar-refractivity contribution < 1.29 is 18.8 Å². The van der Waals surface area contributed by atoms with Gasteiger partial charge >= 0.3 is 0 Å². The highest BCUT2D eigenvalue weighted by Crippen LogP contribution is 2.22. The number of hydrogen-bond acceptors (Lipinski definition) is 4. The molecule has 1 aromatic heterocycles. The van der Waals surface area contributed by atoms with Crippen LogP contribution in [0.25, 0.3) is 6.08 Å². The molecule has 2 N–H and O–H groups in total. The largest absolute Gasteiger partial charge is 0.459 e. The maximum Gasteiger partial charge on any atom is 0.291 e. The van der Waals surface area contributed by atoms with Crippen LogP contribution in [0.15, 0.2) is 77.4 Å². The van der Waals surface area contributed by atoms with Gasteiger partial charge in [-0.15, -0.1) is 0 Å². The van der Waals surface area contributed by atoms with Crippen LogP contribution in [0.5, 0.6) is 0 Å². The minimum absolute atomic E-state index is 0.150. The Morgan fingerprint density at radius 3 is 2.62 bits per heavy atom. The van der Waals surface area contributed by atoms with Gasteiger partial charge in [-0.1, -0.05) is 24.3 Å². The molecule has 32 heavy (non-hydrogen) atoms. The van der Waals surface area contributed by atoms with Crippen molar-refractivity contribution in [3.63, 3.8) is 0 Å². The van der Waals surface area contributed by atoms with E-state index in [0.29, 0.717) is 18.7 Å². The zero-order chi connectivity index (χ0) is 22.3. The fraction of sp³-hybridized carbons (Fsp3) is 0.160. The maximum atomic E-state index is 12.2. The lowest BCUT2D eigenvalue weighted by atomic mass is 10.1. The van der Waals surface area contributed by atoms with E-state index in [-0.39, 0.29) is 23.5 Å². The molecule has 7 heteroatoms. The second-order valence-electron chi connectivity index (χ2n) is 7.42. The van der Waals surface area contributed by atoms with Gasteiger partial charge in [0.1, 0.15) is 0 Å². The van der Waals surface area contributed by atoms with E-state index in [1.807, 2.05) is 36.4 Å². The Kier molecular flexibility index (Phi) is 6.46. The lowest BCUT2D eigenvalue weighted by Gasteiger charge is -2.15. The zero-order valence-electron chi connectivity index (χ0n) is 17.4. The molecular weight excluding hydrogens is 406 g/mol. The van der Waals surface area contributed by atoms with Gasteiger partial charge in [0.2, 0.25) is 11.8 Å². The number of amides is 3. The molecule has 0 spiro atoms. The third-order valence-electron chi connectivity index (χ3n) is 5.10. The molecule has 0 saturated carbocycles. The molecule has 2 aromatic carbocycles. The van der Waals surface area contributed by atoms with Crippen LogP contribution in [0.4, 0.5) is 11.4 Å². The van der Waals surface area contributed by atoms with Crippen molar-refractivity contribution in [3.8, 4) is 0 Å². The van der Waals surface area contributed by atoms with E-state index in [0.717, 1.165) is 29.8 Å². The van der Waals surface area contributed by atoms with Crippen molar-refractivity contribution >= 4 is 35.2 Å². The molecule has 0 atom stereocenters. The SMILES string of the molecule is O=C(/C=C/c1ccc(N2CCCC2=O)cc1)NCc1cccc(NC(=O)c2ccco2)c1. The average molecular weight is 429 g/mol. The molecule has 3 amide bonds. The van der Waals surface area contributed by atoms with E-state index in [2.05, 4.69) is 10.6 Å². The molecule has 7 nitrogen and oxygen atoms in total. The summed E-state index contributed by atoms with van der Waals surface area (Å²) < 4.78 is 5.08. The van der Waals surface area contributed by atoms with Crippen LogP contribution in [0.1, 0.15) is 34.5 Å². The highest BCUT2D eigenvalue weighted by atomic mass is 16.3. The summed E-state index contributed by atoms with van der Waals surface area (Å²) in [6, 6.07) is 18.0. The molecule has 3 aromatic rings. The summed E-state index contributed by atoms with van der Waals surface area (Å²) in [5, 5.41) is 5.59. The van der Waals surface area contributed by atoms with Gasteiger partial charge in [-0.05, 0) is 60.0 Å². The minimum atomic E-state index is -0.334. The maximum absolute atomic E-state index is 12.2. The summed E-state index contributed by atoms with van der Waals surface area (Å²) in [5.41, 5.74) is 3.22. The van der Waals surface area contributed by atoms with Gasteiger partial charge < -0.3 is 20.0 Å². The molecule has 162 valence electrons. The first-order chi connectivity index (χ1) is 15.6. The van der Waals surface area contributed by atoms with E-state index >= 15 is 0 Å². The number of carbonyl (C=O) groups excluding carboxylic acids is 3. The van der Waals surface area contributed by atoms with Crippen molar-refractivity contribution in [2.45, 2.75) is 19.4 Å². The fourth-order valence-electron chi connectivity index (χ4n) is 3.47. The molecule has 0 unspecified atom stereocenters. The smallest absolute Gasteiger partial charge is 0.291 e. The molecule has 1 aliphatic rings. The highest BCUT2D eigenvalue weighted by molar-refractivity contribution is 6.02. The molecule has 2 heterocycles. The van der Waals surface area contributed by atoms with Gasteiger partial charge in [0.05, 0.1) is 6.26 Å².